The number of carbonyl (C=O) groups is 1. The normalized spacial score (nSPS) is 11.7. The highest BCUT2D eigenvalue weighted by Gasteiger charge is 2.16. The van der Waals surface area contributed by atoms with Crippen molar-refractivity contribution < 1.29 is 4.79 Å². The summed E-state index contributed by atoms with van der Waals surface area (Å²) in [7, 11) is 0. The average Bonchev–Trinajstić information content (AvgIpc) is 3.56. The van der Waals surface area contributed by atoms with E-state index in [2.05, 4.69) is 19.2 Å². The maximum atomic E-state index is 11.9. The van der Waals surface area contributed by atoms with Crippen LogP contribution in [0, 0.1) is 0 Å². The maximum absolute atomic E-state index is 11.9. The van der Waals surface area contributed by atoms with E-state index in [1.54, 1.807) is 11.3 Å². The number of aryl methyl sites for hydroxylation is 2. The summed E-state index contributed by atoms with van der Waals surface area (Å²) in [5.74, 6) is 0. The van der Waals surface area contributed by atoms with Gasteiger partial charge in [0.2, 0.25) is 0 Å². The zero-order chi connectivity index (χ0) is 29.9. The largest absolute Gasteiger partial charge is 0.297 e. The monoisotopic (exact) mass is 616 g/mol. The van der Waals surface area contributed by atoms with Crippen molar-refractivity contribution >= 4 is 38.4 Å². The van der Waals surface area contributed by atoms with Gasteiger partial charge in [-0.2, -0.15) is 0 Å². The van der Waals surface area contributed by atoms with Crippen LogP contribution in [-0.4, -0.2) is 6.29 Å². The molecule has 0 aliphatic heterocycles. The third-order valence-electron chi connectivity index (χ3n) is 9.29. The molecule has 0 fully saturated rings. The summed E-state index contributed by atoms with van der Waals surface area (Å²) in [5, 5.41) is 2.40. The lowest BCUT2D eigenvalue weighted by Gasteiger charge is -2.03. The van der Waals surface area contributed by atoms with Crippen LogP contribution in [0.5, 0.6) is 0 Å². The van der Waals surface area contributed by atoms with Gasteiger partial charge in [0.05, 0.1) is 4.88 Å². The lowest BCUT2D eigenvalue weighted by molar-refractivity contribution is 0.112. The van der Waals surface area contributed by atoms with Crippen LogP contribution in [0.2, 0.25) is 0 Å². The van der Waals surface area contributed by atoms with Crippen molar-refractivity contribution in [3.05, 3.63) is 21.4 Å². The van der Waals surface area contributed by atoms with Crippen LogP contribution < -0.4 is 0 Å². The first-order chi connectivity index (χ1) is 20.8. The molecule has 0 aliphatic carbocycles. The van der Waals surface area contributed by atoms with Crippen LogP contribution in [0.3, 0.4) is 0 Å². The second kappa shape index (κ2) is 26.7. The number of fused-ring (bicyclic) bond motifs is 1. The van der Waals surface area contributed by atoms with E-state index in [0.29, 0.717) is 0 Å². The molecule has 0 saturated carbocycles. The number of thiophene rings is 2. The summed E-state index contributed by atoms with van der Waals surface area (Å²) >= 11 is 3.67. The Balaban J connectivity index is 1.50. The van der Waals surface area contributed by atoms with Crippen LogP contribution in [0.1, 0.15) is 214 Å². The van der Waals surface area contributed by atoms with Gasteiger partial charge in [-0.15, -0.1) is 22.7 Å². The molecule has 0 unspecified atom stereocenters. The van der Waals surface area contributed by atoms with E-state index < -0.39 is 0 Å². The van der Waals surface area contributed by atoms with Gasteiger partial charge in [0, 0.05) is 9.40 Å². The third-order valence-corrected chi connectivity index (χ3v) is 11.7. The number of unbranched alkanes of at least 4 members (excludes halogenated alkanes) is 26. The Morgan fingerprint density at radius 3 is 1.21 bits per heavy atom. The second-order valence-corrected chi connectivity index (χ2v) is 15.1. The van der Waals surface area contributed by atoms with Gasteiger partial charge < -0.3 is 0 Å². The summed E-state index contributed by atoms with van der Waals surface area (Å²) < 4.78 is 2.86. The highest BCUT2D eigenvalue weighted by atomic mass is 32.1. The first-order valence-electron chi connectivity index (χ1n) is 18.8. The summed E-state index contributed by atoms with van der Waals surface area (Å²) in [5.41, 5.74) is 2.87. The lowest BCUT2D eigenvalue weighted by Crippen LogP contribution is -1.89. The molecule has 0 amide bonds. The molecule has 0 N–H and O–H groups in total. The number of carbonyl (C=O) groups excluding carboxylic acids is 1. The Morgan fingerprint density at radius 1 is 0.476 bits per heavy atom. The van der Waals surface area contributed by atoms with Crippen molar-refractivity contribution in [2.24, 2.45) is 0 Å². The van der Waals surface area contributed by atoms with Crippen LogP contribution in [0.4, 0.5) is 0 Å². The Hall–Kier alpha value is -0.670. The molecular formula is C39H68OS2. The van der Waals surface area contributed by atoms with Gasteiger partial charge in [0.25, 0.3) is 0 Å². The standard InChI is InChI=1S/C39H68OS2/c1-3-5-7-9-11-13-15-17-19-21-23-25-27-29-31-35-34-41-39-36(37(33-40)42-38(35)39)32-30-28-26-24-22-20-18-16-14-12-10-8-6-4-2/h33-34H,3-32H2,1-2H3. The molecule has 42 heavy (non-hydrogen) atoms. The van der Waals surface area contributed by atoms with Crippen molar-refractivity contribution in [2.45, 2.75) is 206 Å². The van der Waals surface area contributed by atoms with E-state index in [4.69, 9.17) is 0 Å². The highest BCUT2D eigenvalue weighted by Crippen LogP contribution is 2.39. The van der Waals surface area contributed by atoms with Crippen molar-refractivity contribution in [3.8, 4) is 0 Å². The smallest absolute Gasteiger partial charge is 0.160 e. The van der Waals surface area contributed by atoms with Gasteiger partial charge in [-0.1, -0.05) is 181 Å². The number of aldehydes is 1. The SMILES string of the molecule is CCCCCCCCCCCCCCCCc1csc2c(CCCCCCCCCCCCCCCC)c(C=O)sc12. The topological polar surface area (TPSA) is 17.1 Å². The Labute approximate surface area is 270 Å². The van der Waals surface area contributed by atoms with E-state index in [9.17, 15) is 4.79 Å². The van der Waals surface area contributed by atoms with Gasteiger partial charge in [0.15, 0.2) is 6.29 Å². The fourth-order valence-electron chi connectivity index (χ4n) is 6.50. The van der Waals surface area contributed by atoms with Gasteiger partial charge in [-0.3, -0.25) is 4.79 Å². The minimum Gasteiger partial charge on any atom is -0.297 e. The minimum atomic E-state index is 1.01. The third kappa shape index (κ3) is 17.0. The zero-order valence-corrected chi connectivity index (χ0v) is 29.7. The van der Waals surface area contributed by atoms with Crippen molar-refractivity contribution in [2.75, 3.05) is 0 Å². The van der Waals surface area contributed by atoms with Crippen molar-refractivity contribution in [1.29, 1.82) is 0 Å². The fourth-order valence-corrected chi connectivity index (χ4v) is 9.10. The van der Waals surface area contributed by atoms with Crippen LogP contribution >= 0.6 is 22.7 Å². The van der Waals surface area contributed by atoms with Crippen molar-refractivity contribution in [3.63, 3.8) is 0 Å². The Kier molecular flexibility index (Phi) is 23.9. The molecule has 0 radical (unpaired) electrons. The fraction of sp³-hybridized carbons (Fsp3) is 0.821. The van der Waals surface area contributed by atoms with Gasteiger partial charge >= 0.3 is 0 Å². The van der Waals surface area contributed by atoms with Gasteiger partial charge in [0.1, 0.15) is 0 Å². The van der Waals surface area contributed by atoms with Gasteiger partial charge in [-0.25, -0.2) is 0 Å². The molecule has 2 heterocycles. The van der Waals surface area contributed by atoms with E-state index in [1.807, 2.05) is 11.3 Å². The quantitative estimate of drug-likeness (QED) is 0.0608. The first-order valence-corrected chi connectivity index (χ1v) is 20.5. The molecule has 242 valence electrons. The van der Waals surface area contributed by atoms with E-state index in [1.165, 1.54) is 207 Å². The molecule has 1 nitrogen and oxygen atoms in total. The Bertz CT molecular complexity index is 878. The number of hydrogen-bond acceptors (Lipinski definition) is 3. The summed E-state index contributed by atoms with van der Waals surface area (Å²) in [6.45, 7) is 4.59. The maximum Gasteiger partial charge on any atom is 0.160 e. The Morgan fingerprint density at radius 2 is 0.833 bits per heavy atom. The van der Waals surface area contributed by atoms with E-state index >= 15 is 0 Å². The lowest BCUT2D eigenvalue weighted by atomic mass is 10.0. The zero-order valence-electron chi connectivity index (χ0n) is 28.1. The van der Waals surface area contributed by atoms with E-state index in [0.717, 1.165) is 17.6 Å². The molecule has 0 aliphatic rings. The predicted molar refractivity (Wildman–Crippen MR) is 193 cm³/mol. The van der Waals surface area contributed by atoms with Gasteiger partial charge in [-0.05, 0) is 42.2 Å². The highest BCUT2D eigenvalue weighted by molar-refractivity contribution is 7.28. The van der Waals surface area contributed by atoms with Crippen molar-refractivity contribution in [1.82, 2.24) is 0 Å². The molecule has 2 rings (SSSR count). The summed E-state index contributed by atoms with van der Waals surface area (Å²) in [6.07, 6.45) is 42.7. The van der Waals surface area contributed by atoms with Crippen LogP contribution in [-0.2, 0) is 12.8 Å². The molecule has 2 aromatic rings. The molecule has 0 spiro atoms. The molecular weight excluding hydrogens is 549 g/mol. The molecule has 0 bridgehead atoms. The molecule has 2 aromatic heterocycles. The predicted octanol–water partition coefficient (Wildman–Crippen LogP) is 14.8. The minimum absolute atomic E-state index is 1.01. The van der Waals surface area contributed by atoms with Crippen LogP contribution in [0.25, 0.3) is 9.40 Å². The summed E-state index contributed by atoms with van der Waals surface area (Å²) in [6, 6.07) is 0. The summed E-state index contributed by atoms with van der Waals surface area (Å²) in [4.78, 5) is 12.9. The number of hydrogen-bond donors (Lipinski definition) is 0. The van der Waals surface area contributed by atoms with Crippen LogP contribution in [0.15, 0.2) is 5.38 Å². The molecule has 0 aromatic carbocycles. The second-order valence-electron chi connectivity index (χ2n) is 13.2. The molecule has 0 atom stereocenters. The molecule has 0 saturated heterocycles. The number of rotatable bonds is 31. The van der Waals surface area contributed by atoms with E-state index in [-0.39, 0.29) is 0 Å². The molecule has 3 heteroatoms. The average molecular weight is 617 g/mol. The first kappa shape index (κ1) is 37.5.